The molecule has 1 aromatic carbocycles. The van der Waals surface area contributed by atoms with Gasteiger partial charge in [0.25, 0.3) is 0 Å². The maximum Gasteiger partial charge on any atom is 0.326 e. The van der Waals surface area contributed by atoms with Gasteiger partial charge in [-0.1, -0.05) is 31.9 Å². The van der Waals surface area contributed by atoms with Gasteiger partial charge in [0.2, 0.25) is 5.91 Å². The van der Waals surface area contributed by atoms with E-state index in [1.807, 2.05) is 6.92 Å². The van der Waals surface area contributed by atoms with Crippen LogP contribution in [0.25, 0.3) is 0 Å². The molecule has 0 aliphatic carbocycles. The summed E-state index contributed by atoms with van der Waals surface area (Å²) in [5, 5.41) is 11.5. The van der Waals surface area contributed by atoms with Crippen LogP contribution in [-0.2, 0) is 9.59 Å². The topological polar surface area (TPSA) is 75.6 Å². The van der Waals surface area contributed by atoms with Gasteiger partial charge in [0.1, 0.15) is 6.04 Å². The number of rotatable bonds is 10. The van der Waals surface area contributed by atoms with E-state index in [0.717, 1.165) is 12.8 Å². The van der Waals surface area contributed by atoms with E-state index >= 15 is 0 Å². The number of aliphatic carboxylic acids is 1. The van der Waals surface area contributed by atoms with Crippen molar-refractivity contribution in [3.8, 4) is 5.75 Å². The monoisotopic (exact) mass is 311 g/mol. The van der Waals surface area contributed by atoms with Gasteiger partial charge in [0.05, 0.1) is 6.61 Å². The summed E-state index contributed by atoms with van der Waals surface area (Å²) in [6.45, 7) is 2.15. The number of ether oxygens (including phenoxy) is 1. The number of hydrogen-bond acceptors (Lipinski definition) is 3. The molecule has 1 amide bonds. The summed E-state index contributed by atoms with van der Waals surface area (Å²) in [5.74, 6) is -1.66. The minimum atomic E-state index is -1.02. The number of benzene rings is 1. The maximum atomic E-state index is 13.3. The summed E-state index contributed by atoms with van der Waals surface area (Å²) in [5.41, 5.74) is 0. The Hall–Kier alpha value is -2.11. The molecule has 0 bridgehead atoms. The van der Waals surface area contributed by atoms with Gasteiger partial charge in [-0.05, 0) is 25.0 Å². The lowest BCUT2D eigenvalue weighted by atomic mass is 10.1. The van der Waals surface area contributed by atoms with E-state index in [2.05, 4.69) is 5.32 Å². The molecule has 122 valence electrons. The van der Waals surface area contributed by atoms with Crippen LogP contribution >= 0.6 is 0 Å². The Labute approximate surface area is 129 Å². The summed E-state index contributed by atoms with van der Waals surface area (Å²) in [6, 6.07) is 5.20. The van der Waals surface area contributed by atoms with Crippen LogP contribution in [0.3, 0.4) is 0 Å². The number of carboxylic acids is 1. The van der Waals surface area contributed by atoms with Crippen LogP contribution in [0.1, 0.15) is 39.0 Å². The molecule has 0 heterocycles. The van der Waals surface area contributed by atoms with Crippen molar-refractivity contribution in [1.29, 1.82) is 0 Å². The highest BCUT2D eigenvalue weighted by atomic mass is 19.1. The summed E-state index contributed by atoms with van der Waals surface area (Å²) in [6.07, 6.45) is 2.57. The lowest BCUT2D eigenvalue weighted by Gasteiger charge is -2.14. The molecule has 0 spiro atoms. The van der Waals surface area contributed by atoms with Crippen LogP contribution in [0.4, 0.5) is 4.39 Å². The van der Waals surface area contributed by atoms with E-state index in [0.29, 0.717) is 12.8 Å². The Bertz CT molecular complexity index is 493. The lowest BCUT2D eigenvalue weighted by molar-refractivity contribution is -0.142. The minimum absolute atomic E-state index is 0.143. The number of carbonyl (C=O) groups is 2. The van der Waals surface area contributed by atoms with Crippen molar-refractivity contribution in [1.82, 2.24) is 5.32 Å². The van der Waals surface area contributed by atoms with E-state index in [-0.39, 0.29) is 24.7 Å². The number of halogens is 1. The SMILES string of the molecule is CCCC[C@H](NC(=O)CCCOc1ccccc1F)C(=O)O. The molecular weight excluding hydrogens is 289 g/mol. The molecule has 0 saturated carbocycles. The second kappa shape index (κ2) is 9.76. The first-order valence-corrected chi connectivity index (χ1v) is 7.44. The van der Waals surface area contributed by atoms with Gasteiger partial charge in [-0.15, -0.1) is 0 Å². The fraction of sp³-hybridized carbons (Fsp3) is 0.500. The number of carboxylic acid groups (broad SMARTS) is 1. The first-order valence-electron chi connectivity index (χ1n) is 7.44. The third-order valence-electron chi connectivity index (χ3n) is 3.12. The first kappa shape index (κ1) is 17.9. The third-order valence-corrected chi connectivity index (χ3v) is 3.12. The van der Waals surface area contributed by atoms with Gasteiger partial charge in [0.15, 0.2) is 11.6 Å². The van der Waals surface area contributed by atoms with Crippen molar-refractivity contribution in [3.63, 3.8) is 0 Å². The highest BCUT2D eigenvalue weighted by molar-refractivity contribution is 5.83. The molecule has 0 aliphatic rings. The summed E-state index contributed by atoms with van der Waals surface area (Å²) in [7, 11) is 0. The Morgan fingerprint density at radius 1 is 1.32 bits per heavy atom. The predicted octanol–water partition coefficient (Wildman–Crippen LogP) is 2.74. The van der Waals surface area contributed by atoms with Gasteiger partial charge in [0, 0.05) is 6.42 Å². The third kappa shape index (κ3) is 6.56. The second-order valence-electron chi connectivity index (χ2n) is 4.98. The second-order valence-corrected chi connectivity index (χ2v) is 4.98. The van der Waals surface area contributed by atoms with Gasteiger partial charge in [-0.25, -0.2) is 9.18 Å². The van der Waals surface area contributed by atoms with Gasteiger partial charge in [-0.3, -0.25) is 4.79 Å². The van der Waals surface area contributed by atoms with Crippen molar-refractivity contribution in [2.45, 2.75) is 45.1 Å². The quantitative estimate of drug-likeness (QED) is 0.652. The van der Waals surface area contributed by atoms with Crippen LogP contribution in [0, 0.1) is 5.82 Å². The smallest absolute Gasteiger partial charge is 0.326 e. The van der Waals surface area contributed by atoms with Crippen molar-refractivity contribution in [3.05, 3.63) is 30.1 Å². The lowest BCUT2D eigenvalue weighted by Crippen LogP contribution is -2.40. The van der Waals surface area contributed by atoms with E-state index in [1.54, 1.807) is 12.1 Å². The highest BCUT2D eigenvalue weighted by Gasteiger charge is 2.18. The Balaban J connectivity index is 2.27. The van der Waals surface area contributed by atoms with E-state index < -0.39 is 17.8 Å². The predicted molar refractivity (Wildman–Crippen MR) is 80.2 cm³/mol. The minimum Gasteiger partial charge on any atom is -0.491 e. The summed E-state index contributed by atoms with van der Waals surface area (Å²) >= 11 is 0. The molecule has 0 aromatic heterocycles. The van der Waals surface area contributed by atoms with Gasteiger partial charge < -0.3 is 15.2 Å². The summed E-state index contributed by atoms with van der Waals surface area (Å²) in [4.78, 5) is 22.7. The number of unbranched alkanes of at least 4 members (excludes halogenated alkanes) is 1. The largest absolute Gasteiger partial charge is 0.491 e. The number of nitrogens with one attached hydrogen (secondary N) is 1. The Morgan fingerprint density at radius 2 is 2.05 bits per heavy atom. The van der Waals surface area contributed by atoms with Gasteiger partial charge in [-0.2, -0.15) is 0 Å². The standard InChI is InChI=1S/C16H22FNO4/c1-2-3-8-13(16(20)21)18-15(19)10-6-11-22-14-9-5-4-7-12(14)17/h4-5,7,9,13H,2-3,6,8,10-11H2,1H3,(H,18,19)(H,20,21)/t13-/m0/s1. The zero-order valence-corrected chi connectivity index (χ0v) is 12.7. The first-order chi connectivity index (χ1) is 10.5. The molecule has 0 fully saturated rings. The van der Waals surface area contributed by atoms with Crippen molar-refractivity contribution in [2.75, 3.05) is 6.61 Å². The fourth-order valence-corrected chi connectivity index (χ4v) is 1.91. The van der Waals surface area contributed by atoms with Crippen LogP contribution < -0.4 is 10.1 Å². The molecule has 22 heavy (non-hydrogen) atoms. The number of para-hydroxylation sites is 1. The number of carbonyl (C=O) groups excluding carboxylic acids is 1. The van der Waals surface area contributed by atoms with Crippen LogP contribution in [-0.4, -0.2) is 29.6 Å². The van der Waals surface area contributed by atoms with E-state index in [1.165, 1.54) is 12.1 Å². The van der Waals surface area contributed by atoms with Crippen LogP contribution in [0.5, 0.6) is 5.75 Å². The average molecular weight is 311 g/mol. The Kier molecular flexibility index (Phi) is 7.96. The molecule has 5 nitrogen and oxygen atoms in total. The zero-order valence-electron chi connectivity index (χ0n) is 12.7. The van der Waals surface area contributed by atoms with Crippen molar-refractivity contribution in [2.24, 2.45) is 0 Å². The average Bonchev–Trinajstić information content (AvgIpc) is 2.49. The molecule has 0 aliphatic heterocycles. The molecule has 1 aromatic rings. The molecule has 6 heteroatoms. The number of amides is 1. The molecule has 0 saturated heterocycles. The molecule has 2 N–H and O–H groups in total. The molecule has 0 unspecified atom stereocenters. The zero-order chi connectivity index (χ0) is 16.4. The van der Waals surface area contributed by atoms with E-state index in [4.69, 9.17) is 9.84 Å². The van der Waals surface area contributed by atoms with Crippen LogP contribution in [0.2, 0.25) is 0 Å². The van der Waals surface area contributed by atoms with Crippen molar-refractivity contribution >= 4 is 11.9 Å². The van der Waals surface area contributed by atoms with Crippen molar-refractivity contribution < 1.29 is 23.8 Å². The maximum absolute atomic E-state index is 13.3. The molecule has 1 rings (SSSR count). The number of hydrogen-bond donors (Lipinski definition) is 2. The van der Waals surface area contributed by atoms with Crippen LogP contribution in [0.15, 0.2) is 24.3 Å². The molecular formula is C16H22FNO4. The summed E-state index contributed by atoms with van der Waals surface area (Å²) < 4.78 is 18.5. The van der Waals surface area contributed by atoms with E-state index in [9.17, 15) is 14.0 Å². The normalized spacial score (nSPS) is 11.7. The fourth-order valence-electron chi connectivity index (χ4n) is 1.91. The molecule has 1 atom stereocenters. The van der Waals surface area contributed by atoms with Gasteiger partial charge >= 0.3 is 5.97 Å². The Morgan fingerprint density at radius 3 is 2.68 bits per heavy atom. The highest BCUT2D eigenvalue weighted by Crippen LogP contribution is 2.15. The molecule has 0 radical (unpaired) electrons.